The van der Waals surface area contributed by atoms with E-state index in [1.54, 1.807) is 20.3 Å². The summed E-state index contributed by atoms with van der Waals surface area (Å²) < 4.78 is 15.7. The van der Waals surface area contributed by atoms with Crippen molar-refractivity contribution in [2.75, 3.05) is 20.8 Å². The first-order valence-electron chi connectivity index (χ1n) is 4.71. The molecule has 0 fully saturated rings. The molecule has 1 aromatic rings. The Morgan fingerprint density at radius 3 is 2.67 bits per heavy atom. The van der Waals surface area contributed by atoms with E-state index >= 15 is 0 Å². The van der Waals surface area contributed by atoms with Crippen molar-refractivity contribution in [1.82, 2.24) is 0 Å². The lowest BCUT2D eigenvalue weighted by Gasteiger charge is -2.10. The van der Waals surface area contributed by atoms with E-state index in [2.05, 4.69) is 6.58 Å². The fourth-order valence-corrected chi connectivity index (χ4v) is 1.24. The van der Waals surface area contributed by atoms with E-state index in [1.807, 2.05) is 18.2 Å². The van der Waals surface area contributed by atoms with Crippen LogP contribution in [-0.2, 0) is 11.3 Å². The van der Waals surface area contributed by atoms with Gasteiger partial charge in [0.15, 0.2) is 11.5 Å². The number of hydrogen-bond acceptors (Lipinski definition) is 3. The maximum Gasteiger partial charge on any atom is 0.161 e. The molecule has 0 bridgehead atoms. The van der Waals surface area contributed by atoms with Crippen LogP contribution in [0.2, 0.25) is 0 Å². The lowest BCUT2D eigenvalue weighted by Crippen LogP contribution is -1.97. The number of rotatable bonds is 6. The predicted octanol–water partition coefficient (Wildman–Crippen LogP) is 2.41. The van der Waals surface area contributed by atoms with Gasteiger partial charge < -0.3 is 14.2 Å². The molecule has 15 heavy (non-hydrogen) atoms. The van der Waals surface area contributed by atoms with Crippen molar-refractivity contribution in [3.05, 3.63) is 36.4 Å². The molecule has 0 unspecified atom stereocenters. The lowest BCUT2D eigenvalue weighted by atomic mass is 10.2. The fraction of sp³-hybridized carbons (Fsp3) is 0.333. The second-order valence-electron chi connectivity index (χ2n) is 3.02. The van der Waals surface area contributed by atoms with Crippen LogP contribution in [0.15, 0.2) is 30.9 Å². The average Bonchev–Trinajstić information content (AvgIpc) is 2.27. The zero-order valence-corrected chi connectivity index (χ0v) is 9.16. The van der Waals surface area contributed by atoms with Gasteiger partial charge in [-0.15, -0.1) is 0 Å². The van der Waals surface area contributed by atoms with E-state index in [-0.39, 0.29) is 0 Å². The van der Waals surface area contributed by atoms with Crippen molar-refractivity contribution in [1.29, 1.82) is 0 Å². The van der Waals surface area contributed by atoms with Gasteiger partial charge in [0.05, 0.1) is 13.7 Å². The molecule has 0 aliphatic carbocycles. The molecule has 0 amide bonds. The van der Waals surface area contributed by atoms with E-state index in [9.17, 15) is 0 Å². The van der Waals surface area contributed by atoms with Crippen molar-refractivity contribution < 1.29 is 14.2 Å². The fourth-order valence-electron chi connectivity index (χ4n) is 1.24. The predicted molar refractivity (Wildman–Crippen MR) is 59.4 cm³/mol. The molecule has 0 aliphatic rings. The van der Waals surface area contributed by atoms with Crippen molar-refractivity contribution in [3.8, 4) is 11.5 Å². The number of ether oxygens (including phenoxy) is 3. The molecule has 0 aromatic heterocycles. The first-order valence-corrected chi connectivity index (χ1v) is 4.71. The molecule has 0 saturated carbocycles. The van der Waals surface area contributed by atoms with Crippen molar-refractivity contribution >= 4 is 0 Å². The van der Waals surface area contributed by atoms with Gasteiger partial charge in [-0.05, 0) is 17.7 Å². The Morgan fingerprint density at radius 2 is 2.07 bits per heavy atom. The smallest absolute Gasteiger partial charge is 0.161 e. The Morgan fingerprint density at radius 1 is 1.27 bits per heavy atom. The summed E-state index contributed by atoms with van der Waals surface area (Å²) in [5.41, 5.74) is 1.06. The second-order valence-corrected chi connectivity index (χ2v) is 3.02. The summed E-state index contributed by atoms with van der Waals surface area (Å²) in [6.07, 6.45) is 1.70. The molecule has 0 heterocycles. The minimum absolute atomic E-state index is 0.472. The molecule has 0 spiro atoms. The Hall–Kier alpha value is -1.48. The molecule has 0 radical (unpaired) electrons. The third-order valence-corrected chi connectivity index (χ3v) is 1.90. The van der Waals surface area contributed by atoms with Gasteiger partial charge in [0.25, 0.3) is 0 Å². The maximum atomic E-state index is 5.43. The molecular formula is C12H16O3. The lowest BCUT2D eigenvalue weighted by molar-refractivity contribution is 0.184. The Kier molecular flexibility index (Phi) is 4.71. The normalized spacial score (nSPS) is 9.73. The summed E-state index contributed by atoms with van der Waals surface area (Å²) in [5, 5.41) is 0. The van der Waals surface area contributed by atoms with E-state index < -0.39 is 0 Å². The van der Waals surface area contributed by atoms with Gasteiger partial charge in [-0.3, -0.25) is 0 Å². The minimum atomic E-state index is 0.472. The van der Waals surface area contributed by atoms with Crippen LogP contribution in [0.3, 0.4) is 0 Å². The van der Waals surface area contributed by atoms with Gasteiger partial charge in [-0.2, -0.15) is 0 Å². The standard InChI is InChI=1S/C12H16O3/c1-4-7-15-11-6-5-10(9-13-2)8-12(11)14-3/h4-6,8H,1,7,9H2,2-3H3. The van der Waals surface area contributed by atoms with Crippen molar-refractivity contribution in [2.45, 2.75) is 6.61 Å². The summed E-state index contributed by atoms with van der Waals surface area (Å²) >= 11 is 0. The van der Waals surface area contributed by atoms with Crippen LogP contribution in [-0.4, -0.2) is 20.8 Å². The third kappa shape index (κ3) is 3.29. The van der Waals surface area contributed by atoms with Crippen molar-refractivity contribution in [3.63, 3.8) is 0 Å². The van der Waals surface area contributed by atoms with E-state index in [0.29, 0.717) is 19.0 Å². The van der Waals surface area contributed by atoms with Crippen LogP contribution in [0.5, 0.6) is 11.5 Å². The summed E-state index contributed by atoms with van der Waals surface area (Å²) in [6, 6.07) is 5.73. The topological polar surface area (TPSA) is 27.7 Å². The first-order chi connectivity index (χ1) is 7.31. The summed E-state index contributed by atoms with van der Waals surface area (Å²) in [6.45, 7) is 4.63. The van der Waals surface area contributed by atoms with Gasteiger partial charge in [0, 0.05) is 7.11 Å². The largest absolute Gasteiger partial charge is 0.493 e. The van der Waals surface area contributed by atoms with Crippen LogP contribution >= 0.6 is 0 Å². The molecule has 1 aromatic carbocycles. The summed E-state index contributed by atoms with van der Waals surface area (Å²) in [7, 11) is 3.28. The highest BCUT2D eigenvalue weighted by molar-refractivity contribution is 5.42. The van der Waals surface area contributed by atoms with Crippen LogP contribution in [0, 0.1) is 0 Å². The highest BCUT2D eigenvalue weighted by Crippen LogP contribution is 2.28. The number of hydrogen-bond donors (Lipinski definition) is 0. The van der Waals surface area contributed by atoms with E-state index in [1.165, 1.54) is 0 Å². The molecule has 1 rings (SSSR count). The molecule has 0 atom stereocenters. The average molecular weight is 208 g/mol. The Labute approximate surface area is 90.3 Å². The molecule has 0 aliphatic heterocycles. The van der Waals surface area contributed by atoms with Gasteiger partial charge in [-0.25, -0.2) is 0 Å². The third-order valence-electron chi connectivity index (χ3n) is 1.90. The second kappa shape index (κ2) is 6.09. The van der Waals surface area contributed by atoms with Crippen LogP contribution in [0.4, 0.5) is 0 Å². The number of methoxy groups -OCH3 is 2. The van der Waals surface area contributed by atoms with Gasteiger partial charge in [-0.1, -0.05) is 18.7 Å². The molecular weight excluding hydrogens is 192 g/mol. The van der Waals surface area contributed by atoms with Crippen LogP contribution in [0.25, 0.3) is 0 Å². The highest BCUT2D eigenvalue weighted by atomic mass is 16.5. The molecule has 3 nitrogen and oxygen atoms in total. The molecule has 82 valence electrons. The quantitative estimate of drug-likeness (QED) is 0.672. The molecule has 3 heteroatoms. The first kappa shape index (κ1) is 11.6. The Balaban J connectivity index is 2.82. The van der Waals surface area contributed by atoms with Crippen LogP contribution < -0.4 is 9.47 Å². The minimum Gasteiger partial charge on any atom is -0.493 e. The van der Waals surface area contributed by atoms with Gasteiger partial charge in [0.2, 0.25) is 0 Å². The van der Waals surface area contributed by atoms with Gasteiger partial charge >= 0.3 is 0 Å². The number of benzene rings is 1. The van der Waals surface area contributed by atoms with E-state index in [4.69, 9.17) is 14.2 Å². The monoisotopic (exact) mass is 208 g/mol. The zero-order chi connectivity index (χ0) is 11.1. The zero-order valence-electron chi connectivity index (χ0n) is 9.16. The molecule has 0 saturated heterocycles. The maximum absolute atomic E-state index is 5.43. The Bertz CT molecular complexity index is 321. The van der Waals surface area contributed by atoms with Gasteiger partial charge in [0.1, 0.15) is 6.61 Å². The van der Waals surface area contributed by atoms with Crippen molar-refractivity contribution in [2.24, 2.45) is 0 Å². The summed E-state index contributed by atoms with van der Waals surface area (Å²) in [4.78, 5) is 0. The summed E-state index contributed by atoms with van der Waals surface area (Å²) in [5.74, 6) is 1.43. The molecule has 0 N–H and O–H groups in total. The van der Waals surface area contributed by atoms with Crippen LogP contribution in [0.1, 0.15) is 5.56 Å². The van der Waals surface area contributed by atoms with E-state index in [0.717, 1.165) is 11.3 Å². The highest BCUT2D eigenvalue weighted by Gasteiger charge is 2.04. The SMILES string of the molecule is C=CCOc1ccc(COC)cc1OC.